The van der Waals surface area contributed by atoms with Crippen molar-refractivity contribution in [2.24, 2.45) is 0 Å². The minimum absolute atomic E-state index is 0.0152. The first kappa shape index (κ1) is 13.8. The number of aromatic hydroxyl groups is 2. The molecule has 2 unspecified atom stereocenters. The number of phenols is 2. The van der Waals surface area contributed by atoms with Gasteiger partial charge in [-0.15, -0.1) is 0 Å². The normalized spacial score (nSPS) is 14.1. The van der Waals surface area contributed by atoms with Gasteiger partial charge in [-0.1, -0.05) is 22.9 Å². The van der Waals surface area contributed by atoms with Gasteiger partial charge in [0.1, 0.15) is 11.5 Å². The molecule has 17 heavy (non-hydrogen) atoms. The van der Waals surface area contributed by atoms with Crippen molar-refractivity contribution in [3.8, 4) is 11.5 Å². The van der Waals surface area contributed by atoms with E-state index in [1.54, 1.807) is 0 Å². The number of halogens is 1. The molecule has 0 aromatic heterocycles. The molecule has 1 amide bonds. The largest absolute Gasteiger partial charge is 0.508 e. The third kappa shape index (κ3) is 4.65. The Bertz CT molecular complexity index is 386. The Labute approximate surface area is 109 Å². The second kappa shape index (κ2) is 5.91. The number of carbonyl (C=O) groups is 1. The zero-order valence-corrected chi connectivity index (χ0v) is 11.4. The number of hydrogen-bond donors (Lipinski definition) is 3. The topological polar surface area (TPSA) is 69.6 Å². The predicted octanol–water partition coefficient (Wildman–Crippen LogP) is 2.39. The van der Waals surface area contributed by atoms with Crippen LogP contribution in [0.25, 0.3) is 0 Å². The third-order valence-electron chi connectivity index (χ3n) is 2.22. The number of phenolic OH excluding ortho intramolecular Hbond substituents is 2. The fourth-order valence-corrected chi connectivity index (χ4v) is 2.14. The van der Waals surface area contributed by atoms with E-state index in [1.807, 2.05) is 13.8 Å². The molecule has 94 valence electrons. The highest BCUT2D eigenvalue weighted by Gasteiger charge is 2.12. The molecule has 0 fully saturated rings. The highest BCUT2D eigenvalue weighted by molar-refractivity contribution is 9.09. The molecule has 0 aliphatic carbocycles. The molecule has 0 aliphatic rings. The van der Waals surface area contributed by atoms with Crippen LogP contribution in [0.15, 0.2) is 18.2 Å². The van der Waals surface area contributed by atoms with E-state index in [2.05, 4.69) is 21.2 Å². The lowest BCUT2D eigenvalue weighted by atomic mass is 10.1. The zero-order chi connectivity index (χ0) is 13.0. The summed E-state index contributed by atoms with van der Waals surface area (Å²) in [6, 6.07) is 3.83. The number of hydrogen-bond acceptors (Lipinski definition) is 3. The number of rotatable bonds is 4. The number of carbonyl (C=O) groups excluding carboxylic acids is 1. The average Bonchev–Trinajstić information content (AvgIpc) is 2.14. The van der Waals surface area contributed by atoms with Crippen LogP contribution in [0, 0.1) is 0 Å². The SMILES string of the molecule is CC(Br)CC(C)NC(=O)c1cc(O)cc(O)c1. The van der Waals surface area contributed by atoms with Crippen molar-refractivity contribution in [2.45, 2.75) is 31.1 Å². The number of nitrogens with one attached hydrogen (secondary N) is 1. The van der Waals surface area contributed by atoms with Gasteiger partial charge in [-0.2, -0.15) is 0 Å². The van der Waals surface area contributed by atoms with Crippen LogP contribution in [0.2, 0.25) is 0 Å². The van der Waals surface area contributed by atoms with Gasteiger partial charge in [0.05, 0.1) is 0 Å². The summed E-state index contributed by atoms with van der Waals surface area (Å²) in [6.45, 7) is 3.90. The molecule has 2 atom stereocenters. The molecule has 5 heteroatoms. The van der Waals surface area contributed by atoms with E-state index in [9.17, 15) is 15.0 Å². The molecule has 0 bridgehead atoms. The Hall–Kier alpha value is -1.23. The summed E-state index contributed by atoms with van der Waals surface area (Å²) >= 11 is 3.41. The van der Waals surface area contributed by atoms with Gasteiger partial charge in [-0.25, -0.2) is 0 Å². The molecule has 0 saturated heterocycles. The Kier molecular flexibility index (Phi) is 4.81. The van der Waals surface area contributed by atoms with Crippen LogP contribution >= 0.6 is 15.9 Å². The van der Waals surface area contributed by atoms with Crippen LogP contribution < -0.4 is 5.32 Å². The third-order valence-corrected chi connectivity index (χ3v) is 2.59. The fourth-order valence-electron chi connectivity index (χ4n) is 1.58. The predicted molar refractivity (Wildman–Crippen MR) is 69.7 cm³/mol. The van der Waals surface area contributed by atoms with Gasteiger partial charge in [-0.05, 0) is 25.5 Å². The number of amides is 1. The molecule has 0 spiro atoms. The van der Waals surface area contributed by atoms with Crippen LogP contribution in [-0.2, 0) is 0 Å². The van der Waals surface area contributed by atoms with Crippen molar-refractivity contribution in [3.63, 3.8) is 0 Å². The summed E-state index contributed by atoms with van der Waals surface area (Å²) in [6.07, 6.45) is 0.802. The van der Waals surface area contributed by atoms with Crippen LogP contribution in [-0.4, -0.2) is 27.0 Å². The summed E-state index contributed by atoms with van der Waals surface area (Å²) in [4.78, 5) is 12.1. The van der Waals surface area contributed by atoms with Crippen LogP contribution in [0.5, 0.6) is 11.5 Å². The highest BCUT2D eigenvalue weighted by Crippen LogP contribution is 2.20. The second-order valence-corrected chi connectivity index (χ2v) is 5.69. The van der Waals surface area contributed by atoms with Crippen LogP contribution in [0.1, 0.15) is 30.6 Å². The molecular weight excluding hydrogens is 286 g/mol. The minimum atomic E-state index is -0.308. The first-order valence-corrected chi connectivity index (χ1v) is 6.28. The number of alkyl halides is 1. The molecule has 0 radical (unpaired) electrons. The van der Waals surface area contributed by atoms with Gasteiger partial charge in [0, 0.05) is 22.5 Å². The van der Waals surface area contributed by atoms with Gasteiger partial charge >= 0.3 is 0 Å². The van der Waals surface area contributed by atoms with Gasteiger partial charge < -0.3 is 15.5 Å². The first-order chi connectivity index (χ1) is 7.88. The van der Waals surface area contributed by atoms with Crippen molar-refractivity contribution < 1.29 is 15.0 Å². The molecule has 4 nitrogen and oxygen atoms in total. The van der Waals surface area contributed by atoms with Crippen molar-refractivity contribution in [1.29, 1.82) is 0 Å². The van der Waals surface area contributed by atoms with Crippen molar-refractivity contribution in [2.75, 3.05) is 0 Å². The fraction of sp³-hybridized carbons (Fsp3) is 0.417. The first-order valence-electron chi connectivity index (χ1n) is 5.36. The molecule has 0 aliphatic heterocycles. The van der Waals surface area contributed by atoms with Gasteiger partial charge in [0.2, 0.25) is 0 Å². The lowest BCUT2D eigenvalue weighted by molar-refractivity contribution is 0.0938. The van der Waals surface area contributed by atoms with E-state index in [0.717, 1.165) is 6.42 Å². The van der Waals surface area contributed by atoms with E-state index >= 15 is 0 Å². The van der Waals surface area contributed by atoms with Gasteiger partial charge in [0.25, 0.3) is 5.91 Å². The maximum Gasteiger partial charge on any atom is 0.251 e. The van der Waals surface area contributed by atoms with Crippen molar-refractivity contribution >= 4 is 21.8 Å². The summed E-state index contributed by atoms with van der Waals surface area (Å²) in [7, 11) is 0. The Morgan fingerprint density at radius 3 is 2.29 bits per heavy atom. The molecule has 3 N–H and O–H groups in total. The van der Waals surface area contributed by atoms with Gasteiger partial charge in [-0.3, -0.25) is 4.79 Å². The monoisotopic (exact) mass is 301 g/mol. The Morgan fingerprint density at radius 1 is 1.29 bits per heavy atom. The van der Waals surface area contributed by atoms with E-state index in [0.29, 0.717) is 4.83 Å². The Balaban J connectivity index is 2.69. The minimum Gasteiger partial charge on any atom is -0.508 e. The average molecular weight is 302 g/mol. The quantitative estimate of drug-likeness (QED) is 0.748. The molecule has 1 rings (SSSR count). The van der Waals surface area contributed by atoms with Crippen molar-refractivity contribution in [1.82, 2.24) is 5.32 Å². The Morgan fingerprint density at radius 2 is 1.82 bits per heavy atom. The summed E-state index contributed by atoms with van der Waals surface area (Å²) in [5, 5.41) is 21.3. The van der Waals surface area contributed by atoms with E-state index in [4.69, 9.17) is 0 Å². The van der Waals surface area contributed by atoms with E-state index in [1.165, 1.54) is 18.2 Å². The zero-order valence-electron chi connectivity index (χ0n) is 9.77. The highest BCUT2D eigenvalue weighted by atomic mass is 79.9. The molecular formula is C12H16BrNO3. The van der Waals surface area contributed by atoms with Crippen molar-refractivity contribution in [3.05, 3.63) is 23.8 Å². The summed E-state index contributed by atoms with van der Waals surface area (Å²) in [5.74, 6) is -0.565. The molecule has 0 heterocycles. The molecule has 1 aromatic rings. The molecule has 0 saturated carbocycles. The lowest BCUT2D eigenvalue weighted by Gasteiger charge is -2.15. The molecule has 1 aromatic carbocycles. The summed E-state index contributed by atoms with van der Waals surface area (Å²) in [5.41, 5.74) is 0.247. The van der Waals surface area contributed by atoms with Crippen LogP contribution in [0.4, 0.5) is 0 Å². The lowest BCUT2D eigenvalue weighted by Crippen LogP contribution is -2.33. The van der Waals surface area contributed by atoms with Gasteiger partial charge in [0.15, 0.2) is 0 Å². The van der Waals surface area contributed by atoms with Crippen LogP contribution in [0.3, 0.4) is 0 Å². The maximum atomic E-state index is 11.8. The van der Waals surface area contributed by atoms with E-state index in [-0.39, 0.29) is 29.0 Å². The smallest absolute Gasteiger partial charge is 0.251 e. The standard InChI is InChI=1S/C12H16BrNO3/c1-7(13)3-8(2)14-12(17)9-4-10(15)6-11(16)5-9/h4-8,15-16H,3H2,1-2H3,(H,14,17). The second-order valence-electron chi connectivity index (χ2n) is 4.13. The maximum absolute atomic E-state index is 11.8. The summed E-state index contributed by atoms with van der Waals surface area (Å²) < 4.78 is 0. The number of benzene rings is 1. The van der Waals surface area contributed by atoms with E-state index < -0.39 is 0 Å².